The molecule has 1 aliphatic heterocycles. The molecule has 2 rings (SSSR count). The molecule has 0 radical (unpaired) electrons. The normalized spacial score (nSPS) is 14.8. The third kappa shape index (κ3) is 7.72. The lowest BCUT2D eigenvalue weighted by atomic mass is 9.95. The number of aromatic nitrogens is 2. The summed E-state index contributed by atoms with van der Waals surface area (Å²) in [7, 11) is 0. The van der Waals surface area contributed by atoms with Crippen LogP contribution < -0.4 is 10.6 Å². The van der Waals surface area contributed by atoms with Gasteiger partial charge in [0, 0.05) is 37.5 Å². The van der Waals surface area contributed by atoms with Gasteiger partial charge < -0.3 is 10.4 Å². The molecule has 1 aromatic heterocycles. The average Bonchev–Trinajstić information content (AvgIpc) is 2.65. The Morgan fingerprint density at radius 2 is 1.89 bits per heavy atom. The minimum atomic E-state index is -0.835. The lowest BCUT2D eigenvalue weighted by Gasteiger charge is -2.15. The van der Waals surface area contributed by atoms with E-state index in [9.17, 15) is 14.7 Å². The van der Waals surface area contributed by atoms with E-state index in [2.05, 4.69) is 25.6 Å². The van der Waals surface area contributed by atoms with Crippen LogP contribution >= 0.6 is 0 Å². The second-order valence-electron chi connectivity index (χ2n) is 6.82. The molecule has 2 heterocycles. The van der Waals surface area contributed by atoms with Gasteiger partial charge in [0.1, 0.15) is 5.82 Å². The Hall–Kier alpha value is -2.51. The Bertz CT molecular complexity index is 645. The molecule has 8 heteroatoms. The molecular weight excluding hydrogens is 346 g/mol. The quantitative estimate of drug-likeness (QED) is 0.540. The van der Waals surface area contributed by atoms with E-state index in [-0.39, 0.29) is 5.91 Å². The molecule has 3 N–H and O–H groups in total. The number of hydrogen-bond donors (Lipinski definition) is 3. The number of carboxylic acid groups (broad SMARTS) is 1. The molecule has 0 bridgehead atoms. The van der Waals surface area contributed by atoms with Crippen LogP contribution in [-0.4, -0.2) is 46.0 Å². The maximum absolute atomic E-state index is 11.8. The van der Waals surface area contributed by atoms with Crippen LogP contribution in [0.4, 0.5) is 0 Å². The van der Waals surface area contributed by atoms with Gasteiger partial charge in [0.25, 0.3) is 0 Å². The molecule has 27 heavy (non-hydrogen) atoms. The first kappa shape index (κ1) is 20.8. The molecule has 0 fully saturated rings. The predicted molar refractivity (Wildman–Crippen MR) is 103 cm³/mol. The van der Waals surface area contributed by atoms with Crippen LogP contribution in [0.2, 0.25) is 0 Å². The number of aryl methyl sites for hydroxylation is 1. The van der Waals surface area contributed by atoms with Crippen molar-refractivity contribution in [3.63, 3.8) is 0 Å². The molecule has 1 aromatic rings. The van der Waals surface area contributed by atoms with Crippen molar-refractivity contribution in [3.8, 4) is 0 Å². The molecule has 8 nitrogen and oxygen atoms in total. The molecule has 1 atom stereocenters. The fourth-order valence-electron chi connectivity index (χ4n) is 2.99. The number of guanidine groups is 1. The van der Waals surface area contributed by atoms with Crippen molar-refractivity contribution in [3.05, 3.63) is 23.8 Å². The Kier molecular flexibility index (Phi) is 8.67. The average molecular weight is 375 g/mol. The third-order valence-electron chi connectivity index (χ3n) is 4.55. The van der Waals surface area contributed by atoms with Gasteiger partial charge in [0.2, 0.25) is 5.91 Å². The van der Waals surface area contributed by atoms with Gasteiger partial charge >= 0.3 is 5.97 Å². The Balaban J connectivity index is 1.57. The van der Waals surface area contributed by atoms with Gasteiger partial charge in [0.05, 0.1) is 5.92 Å². The largest absolute Gasteiger partial charge is 0.481 e. The van der Waals surface area contributed by atoms with Gasteiger partial charge in [0.15, 0.2) is 5.96 Å². The van der Waals surface area contributed by atoms with E-state index in [0.29, 0.717) is 30.2 Å². The van der Waals surface area contributed by atoms with E-state index >= 15 is 0 Å². The van der Waals surface area contributed by atoms with Gasteiger partial charge in [-0.2, -0.15) is 0 Å². The number of nitrogens with one attached hydrogen (secondary N) is 2. The number of aliphatic carboxylic acids is 1. The summed E-state index contributed by atoms with van der Waals surface area (Å²) >= 11 is 0. The number of carboxylic acids is 1. The van der Waals surface area contributed by atoms with Gasteiger partial charge in [-0.1, -0.05) is 25.7 Å². The van der Waals surface area contributed by atoms with E-state index in [4.69, 9.17) is 0 Å². The molecule has 0 aliphatic carbocycles. The number of aliphatic imine (C=N–C) groups is 1. The maximum Gasteiger partial charge on any atom is 0.311 e. The van der Waals surface area contributed by atoms with E-state index in [1.54, 1.807) is 19.3 Å². The summed E-state index contributed by atoms with van der Waals surface area (Å²) < 4.78 is 0. The number of carbonyl (C=O) groups is 2. The first-order valence-corrected chi connectivity index (χ1v) is 9.66. The van der Waals surface area contributed by atoms with Crippen LogP contribution in [0.15, 0.2) is 17.4 Å². The van der Waals surface area contributed by atoms with Crippen molar-refractivity contribution in [2.75, 3.05) is 13.1 Å². The van der Waals surface area contributed by atoms with Crippen molar-refractivity contribution in [1.82, 2.24) is 20.6 Å². The summed E-state index contributed by atoms with van der Waals surface area (Å²) in [5.41, 5.74) is 0.656. The van der Waals surface area contributed by atoms with Gasteiger partial charge in [-0.3, -0.25) is 19.9 Å². The highest BCUT2D eigenvalue weighted by Gasteiger charge is 2.20. The van der Waals surface area contributed by atoms with Gasteiger partial charge in [-0.15, -0.1) is 0 Å². The highest BCUT2D eigenvalue weighted by atomic mass is 16.4. The van der Waals surface area contributed by atoms with Crippen LogP contribution in [0, 0.1) is 6.92 Å². The lowest BCUT2D eigenvalue weighted by molar-refractivity contribution is -0.139. The molecule has 0 aromatic carbocycles. The smallest absolute Gasteiger partial charge is 0.311 e. The van der Waals surface area contributed by atoms with Crippen LogP contribution in [0.25, 0.3) is 0 Å². The minimum absolute atomic E-state index is 0.00605. The summed E-state index contributed by atoms with van der Waals surface area (Å²) in [4.78, 5) is 35.7. The van der Waals surface area contributed by atoms with Crippen molar-refractivity contribution >= 4 is 17.8 Å². The number of rotatable bonds is 10. The first-order chi connectivity index (χ1) is 13.1. The molecule has 0 saturated carbocycles. The molecule has 148 valence electrons. The zero-order valence-corrected chi connectivity index (χ0v) is 15.9. The Labute approximate surface area is 159 Å². The number of unbranched alkanes of at least 4 members (excludes halogenated alkanes) is 4. The summed E-state index contributed by atoms with van der Waals surface area (Å²) in [6.45, 7) is 3.39. The minimum Gasteiger partial charge on any atom is -0.481 e. The lowest BCUT2D eigenvalue weighted by Crippen LogP contribution is -2.43. The van der Waals surface area contributed by atoms with Crippen LogP contribution in [0.3, 0.4) is 0 Å². The van der Waals surface area contributed by atoms with Gasteiger partial charge in [-0.05, 0) is 26.2 Å². The Morgan fingerprint density at radius 3 is 2.56 bits per heavy atom. The SMILES string of the molecule is Cc1ncc([C@H](CCCCCCCC(=O)NC2=NCCCN2)C(=O)O)cn1. The number of nitrogens with zero attached hydrogens (tertiary/aromatic N) is 3. The predicted octanol–water partition coefficient (Wildman–Crippen LogP) is 2.15. The van der Waals surface area contributed by atoms with Gasteiger partial charge in [-0.25, -0.2) is 9.97 Å². The molecule has 1 amide bonds. The molecule has 0 spiro atoms. The van der Waals surface area contributed by atoms with Crippen LogP contribution in [0.1, 0.15) is 68.7 Å². The molecule has 0 unspecified atom stereocenters. The number of carbonyl (C=O) groups excluding carboxylic acids is 1. The Morgan fingerprint density at radius 1 is 1.19 bits per heavy atom. The number of amides is 1. The van der Waals surface area contributed by atoms with Crippen LogP contribution in [-0.2, 0) is 9.59 Å². The summed E-state index contributed by atoms with van der Waals surface area (Å²) in [5.74, 6) is -0.170. The van der Waals surface area contributed by atoms with E-state index < -0.39 is 11.9 Å². The highest BCUT2D eigenvalue weighted by molar-refractivity contribution is 5.97. The topological polar surface area (TPSA) is 117 Å². The summed E-state index contributed by atoms with van der Waals surface area (Å²) in [6.07, 6.45) is 9.82. The van der Waals surface area contributed by atoms with Crippen molar-refractivity contribution in [2.45, 2.75) is 64.2 Å². The van der Waals surface area contributed by atoms with E-state index in [1.165, 1.54) is 0 Å². The molecule has 1 aliphatic rings. The van der Waals surface area contributed by atoms with E-state index in [0.717, 1.165) is 51.6 Å². The van der Waals surface area contributed by atoms with Crippen LogP contribution in [0.5, 0.6) is 0 Å². The molecule has 0 saturated heterocycles. The summed E-state index contributed by atoms with van der Waals surface area (Å²) in [6, 6.07) is 0. The third-order valence-corrected chi connectivity index (χ3v) is 4.55. The summed E-state index contributed by atoms with van der Waals surface area (Å²) in [5, 5.41) is 15.3. The van der Waals surface area contributed by atoms with Crippen molar-refractivity contribution < 1.29 is 14.7 Å². The van der Waals surface area contributed by atoms with Crippen molar-refractivity contribution in [1.29, 1.82) is 0 Å². The van der Waals surface area contributed by atoms with E-state index in [1.807, 2.05) is 0 Å². The first-order valence-electron chi connectivity index (χ1n) is 9.66. The highest BCUT2D eigenvalue weighted by Crippen LogP contribution is 2.22. The monoisotopic (exact) mass is 375 g/mol. The molecular formula is C19H29N5O3. The fraction of sp³-hybridized carbons (Fsp3) is 0.632. The zero-order chi connectivity index (χ0) is 19.5. The zero-order valence-electron chi connectivity index (χ0n) is 15.9. The second kappa shape index (κ2) is 11.3. The second-order valence-corrected chi connectivity index (χ2v) is 6.82. The standard InChI is InChI=1S/C19H29N5O3/c1-14-22-12-15(13-23-14)16(18(26)27)8-5-3-2-4-6-9-17(25)24-19-20-10-7-11-21-19/h12-13,16H,2-11H2,1H3,(H,26,27)(H2,20,21,24,25)/t16-/m0/s1. The fourth-order valence-corrected chi connectivity index (χ4v) is 2.99. The van der Waals surface area contributed by atoms with Crippen molar-refractivity contribution in [2.24, 2.45) is 4.99 Å². The number of hydrogen-bond acceptors (Lipinski definition) is 6. The maximum atomic E-state index is 11.8.